The summed E-state index contributed by atoms with van der Waals surface area (Å²) in [6, 6.07) is 7.70. The number of carbonyl (C=O) groups is 1. The van der Waals surface area contributed by atoms with Crippen LogP contribution in [0, 0.1) is 0 Å². The molecular weight excluding hydrogens is 266 g/mol. The maximum absolute atomic E-state index is 12.2. The third-order valence-corrected chi connectivity index (χ3v) is 3.45. The largest absolute Gasteiger partial charge is 0.496 e. The fraction of sp³-hybridized carbons (Fsp3) is 0.588. The molecule has 1 aromatic carbocycles. The van der Waals surface area contributed by atoms with Crippen molar-refractivity contribution in [2.45, 2.75) is 52.2 Å². The van der Waals surface area contributed by atoms with Crippen molar-refractivity contribution < 1.29 is 14.3 Å². The number of hydrogen-bond acceptors (Lipinski definition) is 3. The maximum atomic E-state index is 12.2. The van der Waals surface area contributed by atoms with Gasteiger partial charge in [0.05, 0.1) is 12.6 Å². The minimum Gasteiger partial charge on any atom is -0.496 e. The number of hydrogen-bond donors (Lipinski definition) is 1. The maximum Gasteiger partial charge on any atom is 0.249 e. The fourth-order valence-corrected chi connectivity index (χ4v) is 2.12. The highest BCUT2D eigenvalue weighted by molar-refractivity contribution is 5.81. The van der Waals surface area contributed by atoms with Crippen LogP contribution in [-0.4, -0.2) is 25.7 Å². The van der Waals surface area contributed by atoms with E-state index in [1.807, 2.05) is 38.1 Å². The quantitative estimate of drug-likeness (QED) is 0.748. The summed E-state index contributed by atoms with van der Waals surface area (Å²) < 4.78 is 10.9. The van der Waals surface area contributed by atoms with E-state index in [-0.39, 0.29) is 5.91 Å². The number of rotatable bonds is 8. The van der Waals surface area contributed by atoms with Crippen LogP contribution >= 0.6 is 0 Å². The second kappa shape index (κ2) is 8.03. The highest BCUT2D eigenvalue weighted by atomic mass is 16.5. The molecule has 4 heteroatoms. The van der Waals surface area contributed by atoms with Gasteiger partial charge < -0.3 is 14.8 Å². The topological polar surface area (TPSA) is 47.6 Å². The van der Waals surface area contributed by atoms with Crippen molar-refractivity contribution in [2.24, 2.45) is 0 Å². The van der Waals surface area contributed by atoms with E-state index >= 15 is 0 Å². The molecule has 21 heavy (non-hydrogen) atoms. The van der Waals surface area contributed by atoms with E-state index in [0.29, 0.717) is 6.61 Å². The summed E-state index contributed by atoms with van der Waals surface area (Å²) in [5.74, 6) is 0.657. The monoisotopic (exact) mass is 293 g/mol. The first kappa shape index (κ1) is 17.5. The number of carbonyl (C=O) groups excluding carboxylic acids is 1. The standard InChI is InChI=1S/C17H27NO3/c1-6-7-12-21-13(2)16(19)18-17(3,4)14-10-8-9-11-15(14)20-5/h8-11,13H,6-7,12H2,1-5H3,(H,18,19). The van der Waals surface area contributed by atoms with Crippen LogP contribution in [0.2, 0.25) is 0 Å². The molecule has 0 spiro atoms. The van der Waals surface area contributed by atoms with E-state index in [1.165, 1.54) is 0 Å². The summed E-state index contributed by atoms with van der Waals surface area (Å²) in [4.78, 5) is 12.2. The smallest absolute Gasteiger partial charge is 0.249 e. The first-order valence-electron chi connectivity index (χ1n) is 7.49. The molecule has 0 radical (unpaired) electrons. The molecule has 1 aromatic rings. The molecule has 4 nitrogen and oxygen atoms in total. The van der Waals surface area contributed by atoms with Gasteiger partial charge in [-0.05, 0) is 33.3 Å². The Morgan fingerprint density at radius 3 is 2.62 bits per heavy atom. The van der Waals surface area contributed by atoms with Crippen molar-refractivity contribution in [3.05, 3.63) is 29.8 Å². The van der Waals surface area contributed by atoms with E-state index in [1.54, 1.807) is 14.0 Å². The van der Waals surface area contributed by atoms with Crippen LogP contribution in [-0.2, 0) is 15.1 Å². The van der Waals surface area contributed by atoms with Crippen LogP contribution in [0.4, 0.5) is 0 Å². The molecule has 1 atom stereocenters. The van der Waals surface area contributed by atoms with Crippen molar-refractivity contribution in [1.29, 1.82) is 0 Å². The van der Waals surface area contributed by atoms with Gasteiger partial charge in [-0.25, -0.2) is 0 Å². The van der Waals surface area contributed by atoms with Gasteiger partial charge in [-0.15, -0.1) is 0 Å². The summed E-state index contributed by atoms with van der Waals surface area (Å²) >= 11 is 0. The van der Waals surface area contributed by atoms with Crippen molar-refractivity contribution in [3.8, 4) is 5.75 Å². The fourth-order valence-electron chi connectivity index (χ4n) is 2.12. The molecule has 1 N–H and O–H groups in total. The molecule has 0 saturated heterocycles. The van der Waals surface area contributed by atoms with E-state index in [2.05, 4.69) is 12.2 Å². The van der Waals surface area contributed by atoms with Crippen LogP contribution in [0.5, 0.6) is 5.75 Å². The third-order valence-electron chi connectivity index (χ3n) is 3.45. The SMILES string of the molecule is CCCCOC(C)C(=O)NC(C)(C)c1ccccc1OC. The lowest BCUT2D eigenvalue weighted by Gasteiger charge is -2.29. The Morgan fingerprint density at radius 2 is 2.00 bits per heavy atom. The normalized spacial score (nSPS) is 12.8. The molecule has 1 amide bonds. The molecule has 0 heterocycles. The number of methoxy groups -OCH3 is 1. The Bertz CT molecular complexity index is 457. The van der Waals surface area contributed by atoms with Crippen LogP contribution < -0.4 is 10.1 Å². The second-order valence-electron chi connectivity index (χ2n) is 5.68. The van der Waals surface area contributed by atoms with Crippen molar-refractivity contribution >= 4 is 5.91 Å². The van der Waals surface area contributed by atoms with E-state index < -0.39 is 11.6 Å². The molecule has 1 rings (SSSR count). The van der Waals surface area contributed by atoms with Gasteiger partial charge in [0.1, 0.15) is 11.9 Å². The van der Waals surface area contributed by atoms with Crippen molar-refractivity contribution in [2.75, 3.05) is 13.7 Å². The zero-order valence-electron chi connectivity index (χ0n) is 13.7. The Labute approximate surface area is 127 Å². The number of nitrogens with one attached hydrogen (secondary N) is 1. The van der Waals surface area contributed by atoms with Crippen LogP contribution in [0.15, 0.2) is 24.3 Å². The lowest BCUT2D eigenvalue weighted by atomic mass is 9.93. The molecule has 0 aliphatic carbocycles. The predicted molar refractivity (Wildman–Crippen MR) is 84.5 cm³/mol. The van der Waals surface area contributed by atoms with Gasteiger partial charge in [0.25, 0.3) is 0 Å². The van der Waals surface area contributed by atoms with E-state index in [4.69, 9.17) is 9.47 Å². The molecule has 0 aliphatic heterocycles. The minimum atomic E-state index is -0.522. The van der Waals surface area contributed by atoms with Gasteiger partial charge in [0, 0.05) is 12.2 Å². The lowest BCUT2D eigenvalue weighted by molar-refractivity contribution is -0.133. The average Bonchev–Trinajstić information content (AvgIpc) is 2.46. The molecule has 0 aromatic heterocycles. The predicted octanol–water partition coefficient (Wildman–Crippen LogP) is 3.25. The summed E-state index contributed by atoms with van der Waals surface area (Å²) in [6.45, 7) is 8.41. The summed E-state index contributed by atoms with van der Waals surface area (Å²) in [6.07, 6.45) is 1.57. The van der Waals surface area contributed by atoms with Gasteiger partial charge in [0.2, 0.25) is 5.91 Å². The average molecular weight is 293 g/mol. The van der Waals surface area contributed by atoms with Crippen LogP contribution in [0.3, 0.4) is 0 Å². The summed E-state index contributed by atoms with van der Waals surface area (Å²) in [5, 5.41) is 3.03. The molecule has 1 unspecified atom stereocenters. The van der Waals surface area contributed by atoms with Gasteiger partial charge in [0.15, 0.2) is 0 Å². The highest BCUT2D eigenvalue weighted by Gasteiger charge is 2.28. The molecule has 118 valence electrons. The molecule has 0 fully saturated rings. The Morgan fingerprint density at radius 1 is 1.33 bits per heavy atom. The van der Waals surface area contributed by atoms with Gasteiger partial charge >= 0.3 is 0 Å². The summed E-state index contributed by atoms with van der Waals surface area (Å²) in [7, 11) is 1.63. The van der Waals surface area contributed by atoms with Gasteiger partial charge in [-0.2, -0.15) is 0 Å². The zero-order valence-corrected chi connectivity index (χ0v) is 13.7. The van der Waals surface area contributed by atoms with Crippen LogP contribution in [0.1, 0.15) is 46.1 Å². The number of unbranched alkanes of at least 4 members (excludes halogenated alkanes) is 1. The molecule has 0 aliphatic rings. The first-order valence-corrected chi connectivity index (χ1v) is 7.49. The Balaban J connectivity index is 2.72. The molecule has 0 saturated carbocycles. The van der Waals surface area contributed by atoms with E-state index in [0.717, 1.165) is 24.2 Å². The van der Waals surface area contributed by atoms with Gasteiger partial charge in [-0.3, -0.25) is 4.79 Å². The zero-order chi connectivity index (χ0) is 15.9. The second-order valence-corrected chi connectivity index (χ2v) is 5.68. The lowest BCUT2D eigenvalue weighted by Crippen LogP contribution is -2.46. The minimum absolute atomic E-state index is 0.109. The Kier molecular flexibility index (Phi) is 6.69. The molecular formula is C17H27NO3. The number of amides is 1. The first-order chi connectivity index (χ1) is 9.92. The Hall–Kier alpha value is -1.55. The van der Waals surface area contributed by atoms with Crippen molar-refractivity contribution in [3.63, 3.8) is 0 Å². The third kappa shape index (κ3) is 5.05. The highest BCUT2D eigenvalue weighted by Crippen LogP contribution is 2.29. The molecule has 0 bridgehead atoms. The summed E-state index contributed by atoms with van der Waals surface area (Å²) in [5.41, 5.74) is 0.424. The number of ether oxygens (including phenoxy) is 2. The van der Waals surface area contributed by atoms with Gasteiger partial charge in [-0.1, -0.05) is 31.5 Å². The number of para-hydroxylation sites is 1. The van der Waals surface area contributed by atoms with E-state index in [9.17, 15) is 4.79 Å². The number of benzene rings is 1. The van der Waals surface area contributed by atoms with Crippen LogP contribution in [0.25, 0.3) is 0 Å². The van der Waals surface area contributed by atoms with Crippen molar-refractivity contribution in [1.82, 2.24) is 5.32 Å².